The molecule has 1 fully saturated rings. The molecule has 0 heterocycles. The van der Waals surface area contributed by atoms with Crippen molar-refractivity contribution in [1.82, 2.24) is 5.32 Å². The molecule has 0 radical (unpaired) electrons. The number of hydrogen-bond donors (Lipinski definition) is 2. The van der Waals surface area contributed by atoms with E-state index in [4.69, 9.17) is 5.11 Å². The van der Waals surface area contributed by atoms with Gasteiger partial charge < -0.3 is 10.4 Å². The van der Waals surface area contributed by atoms with Crippen LogP contribution in [0.2, 0.25) is 0 Å². The van der Waals surface area contributed by atoms with Crippen LogP contribution in [0.15, 0.2) is 0 Å². The van der Waals surface area contributed by atoms with E-state index >= 15 is 0 Å². The van der Waals surface area contributed by atoms with E-state index < -0.39 is 5.97 Å². The summed E-state index contributed by atoms with van der Waals surface area (Å²) in [5.74, 6) is -0.538. The second kappa shape index (κ2) is 4.44. The Kier molecular flexibility index (Phi) is 3.49. The lowest BCUT2D eigenvalue weighted by atomic mass is 10.0. The third kappa shape index (κ3) is 3.36. The van der Waals surface area contributed by atoms with Crippen LogP contribution < -0.4 is 5.32 Å². The van der Waals surface area contributed by atoms with Gasteiger partial charge in [0.05, 0.1) is 6.42 Å². The fourth-order valence-corrected chi connectivity index (χ4v) is 1.29. The van der Waals surface area contributed by atoms with Crippen LogP contribution >= 0.6 is 0 Å². The van der Waals surface area contributed by atoms with Crippen molar-refractivity contribution >= 4 is 11.9 Å². The fraction of sp³-hybridized carbons (Fsp3) is 0.800. The average Bonchev–Trinajstić information content (AvgIpc) is 2.83. The van der Waals surface area contributed by atoms with E-state index in [2.05, 4.69) is 5.32 Å². The molecule has 1 rings (SSSR count). The summed E-state index contributed by atoms with van der Waals surface area (Å²) in [6, 6.07) is -0.236. The van der Waals surface area contributed by atoms with Crippen molar-refractivity contribution in [3.63, 3.8) is 0 Å². The van der Waals surface area contributed by atoms with Gasteiger partial charge in [-0.15, -0.1) is 0 Å². The van der Waals surface area contributed by atoms with E-state index in [1.807, 2.05) is 13.8 Å². The fourth-order valence-electron chi connectivity index (χ4n) is 1.29. The number of hydrogen-bond acceptors (Lipinski definition) is 2. The first kappa shape index (κ1) is 11.0. The van der Waals surface area contributed by atoms with Crippen molar-refractivity contribution in [3.8, 4) is 0 Å². The minimum absolute atomic E-state index is 0.0100. The molecule has 1 atom stereocenters. The standard InChI is InChI=1S/C10H17NO3/c1-6(2)8(5-9(12)13)11-10(14)7-3-4-7/h6-8H,3-5H2,1-2H3,(H,11,14)(H,12,13). The second-order valence-corrected chi connectivity index (χ2v) is 4.23. The molecule has 0 aromatic rings. The van der Waals surface area contributed by atoms with Gasteiger partial charge in [0.15, 0.2) is 0 Å². The van der Waals surface area contributed by atoms with Crippen LogP contribution in [0.25, 0.3) is 0 Å². The third-order valence-electron chi connectivity index (χ3n) is 2.48. The van der Waals surface area contributed by atoms with Gasteiger partial charge in [0.1, 0.15) is 0 Å². The Balaban J connectivity index is 2.41. The van der Waals surface area contributed by atoms with Crippen LogP contribution in [0.1, 0.15) is 33.1 Å². The number of carbonyl (C=O) groups excluding carboxylic acids is 1. The van der Waals surface area contributed by atoms with E-state index in [9.17, 15) is 9.59 Å². The van der Waals surface area contributed by atoms with Crippen LogP contribution in [0.3, 0.4) is 0 Å². The largest absolute Gasteiger partial charge is 0.481 e. The van der Waals surface area contributed by atoms with Gasteiger partial charge in [-0.1, -0.05) is 13.8 Å². The molecule has 80 valence electrons. The molecule has 2 N–H and O–H groups in total. The highest BCUT2D eigenvalue weighted by Gasteiger charge is 2.31. The van der Waals surface area contributed by atoms with Gasteiger partial charge in [0, 0.05) is 12.0 Å². The minimum Gasteiger partial charge on any atom is -0.481 e. The Morgan fingerprint density at radius 1 is 1.43 bits per heavy atom. The maximum absolute atomic E-state index is 11.4. The maximum atomic E-state index is 11.4. The van der Waals surface area contributed by atoms with Crippen molar-refractivity contribution < 1.29 is 14.7 Å². The number of carboxylic acids is 1. The van der Waals surface area contributed by atoms with Crippen LogP contribution in [0.5, 0.6) is 0 Å². The molecule has 4 heteroatoms. The molecule has 0 bridgehead atoms. The van der Waals surface area contributed by atoms with E-state index in [-0.39, 0.29) is 30.2 Å². The van der Waals surface area contributed by atoms with Crippen molar-refractivity contribution in [3.05, 3.63) is 0 Å². The smallest absolute Gasteiger partial charge is 0.305 e. The molecule has 4 nitrogen and oxygen atoms in total. The lowest BCUT2D eigenvalue weighted by Gasteiger charge is -2.20. The SMILES string of the molecule is CC(C)C(CC(=O)O)NC(=O)C1CC1. The normalized spacial score (nSPS) is 17.9. The molecular formula is C10H17NO3. The lowest BCUT2D eigenvalue weighted by molar-refractivity contribution is -0.138. The van der Waals surface area contributed by atoms with Crippen molar-refractivity contribution in [2.24, 2.45) is 11.8 Å². The van der Waals surface area contributed by atoms with E-state index in [0.717, 1.165) is 12.8 Å². The van der Waals surface area contributed by atoms with Gasteiger partial charge in [-0.3, -0.25) is 9.59 Å². The zero-order valence-electron chi connectivity index (χ0n) is 8.62. The molecule has 1 unspecified atom stereocenters. The predicted molar refractivity (Wildman–Crippen MR) is 51.7 cm³/mol. The average molecular weight is 199 g/mol. The molecule has 0 aromatic carbocycles. The van der Waals surface area contributed by atoms with Crippen molar-refractivity contribution in [2.45, 2.75) is 39.2 Å². The zero-order chi connectivity index (χ0) is 10.7. The first-order chi connectivity index (χ1) is 6.50. The molecule has 0 spiro atoms. The van der Waals surface area contributed by atoms with Gasteiger partial charge in [-0.2, -0.15) is 0 Å². The Hall–Kier alpha value is -1.06. The zero-order valence-corrected chi connectivity index (χ0v) is 8.62. The monoisotopic (exact) mass is 199 g/mol. The highest BCUT2D eigenvalue weighted by Crippen LogP contribution is 2.29. The number of carboxylic acid groups (broad SMARTS) is 1. The van der Waals surface area contributed by atoms with Crippen molar-refractivity contribution in [1.29, 1.82) is 0 Å². The van der Waals surface area contributed by atoms with E-state index in [0.29, 0.717) is 0 Å². The van der Waals surface area contributed by atoms with Crippen molar-refractivity contribution in [2.75, 3.05) is 0 Å². The molecule has 1 aliphatic carbocycles. The summed E-state index contributed by atoms with van der Waals surface area (Å²) in [5.41, 5.74) is 0. The number of amides is 1. The van der Waals surface area contributed by atoms with Gasteiger partial charge in [-0.05, 0) is 18.8 Å². The molecule has 0 aliphatic heterocycles. The first-order valence-electron chi connectivity index (χ1n) is 5.03. The maximum Gasteiger partial charge on any atom is 0.305 e. The summed E-state index contributed by atoms with van der Waals surface area (Å²) in [6.45, 7) is 3.83. The van der Waals surface area contributed by atoms with Crippen LogP contribution in [-0.2, 0) is 9.59 Å². The first-order valence-corrected chi connectivity index (χ1v) is 5.03. The molecule has 0 aromatic heterocycles. The van der Waals surface area contributed by atoms with Crippen LogP contribution in [0, 0.1) is 11.8 Å². The summed E-state index contributed by atoms with van der Waals surface area (Å²) in [4.78, 5) is 21.9. The predicted octanol–water partition coefficient (Wildman–Crippen LogP) is 1.01. The minimum atomic E-state index is -0.861. The molecule has 1 aliphatic rings. The van der Waals surface area contributed by atoms with Crippen LogP contribution in [0.4, 0.5) is 0 Å². The molecule has 1 saturated carbocycles. The third-order valence-corrected chi connectivity index (χ3v) is 2.48. The molecule has 1 amide bonds. The molecule has 0 saturated heterocycles. The molecular weight excluding hydrogens is 182 g/mol. The summed E-state index contributed by atoms with van der Waals surface area (Å²) >= 11 is 0. The summed E-state index contributed by atoms with van der Waals surface area (Å²) in [5, 5.41) is 11.4. The number of rotatable bonds is 5. The highest BCUT2D eigenvalue weighted by atomic mass is 16.4. The topological polar surface area (TPSA) is 66.4 Å². The summed E-state index contributed by atoms with van der Waals surface area (Å²) in [7, 11) is 0. The summed E-state index contributed by atoms with van der Waals surface area (Å²) in [6.07, 6.45) is 1.91. The van der Waals surface area contributed by atoms with Gasteiger partial charge in [0.25, 0.3) is 0 Å². The quantitative estimate of drug-likeness (QED) is 0.694. The van der Waals surface area contributed by atoms with Gasteiger partial charge >= 0.3 is 5.97 Å². The lowest BCUT2D eigenvalue weighted by Crippen LogP contribution is -2.40. The van der Waals surface area contributed by atoms with E-state index in [1.54, 1.807) is 0 Å². The number of aliphatic carboxylic acids is 1. The van der Waals surface area contributed by atoms with Gasteiger partial charge in [-0.25, -0.2) is 0 Å². The number of nitrogens with one attached hydrogen (secondary N) is 1. The molecule has 14 heavy (non-hydrogen) atoms. The number of carbonyl (C=O) groups is 2. The van der Waals surface area contributed by atoms with Gasteiger partial charge in [0.2, 0.25) is 5.91 Å². The second-order valence-electron chi connectivity index (χ2n) is 4.23. The Labute approximate surface area is 83.7 Å². The Morgan fingerprint density at radius 3 is 2.36 bits per heavy atom. The summed E-state index contributed by atoms with van der Waals surface area (Å²) < 4.78 is 0. The Bertz CT molecular complexity index is 234. The van der Waals surface area contributed by atoms with E-state index in [1.165, 1.54) is 0 Å². The highest BCUT2D eigenvalue weighted by molar-refractivity contribution is 5.81. The van der Waals surface area contributed by atoms with Crippen LogP contribution in [-0.4, -0.2) is 23.0 Å². The Morgan fingerprint density at radius 2 is 2.00 bits per heavy atom.